The van der Waals surface area contributed by atoms with Gasteiger partial charge in [-0.05, 0) is 28.5 Å². The molecule has 2 heterocycles. The van der Waals surface area contributed by atoms with Gasteiger partial charge >= 0.3 is 5.97 Å². The summed E-state index contributed by atoms with van der Waals surface area (Å²) in [6, 6.07) is 9.21. The Balaban J connectivity index is 0.000000141. The monoisotopic (exact) mass is 275 g/mol. The number of cyclic esters (lactones) is 1. The molecule has 1 aromatic carbocycles. The van der Waals surface area contributed by atoms with Gasteiger partial charge in [-0.25, -0.2) is 4.79 Å². The third kappa shape index (κ3) is 3.66. The van der Waals surface area contributed by atoms with Crippen LogP contribution >= 0.6 is 11.3 Å². The van der Waals surface area contributed by atoms with Gasteiger partial charge in [0.05, 0.1) is 5.56 Å². The van der Waals surface area contributed by atoms with Gasteiger partial charge in [-0.2, -0.15) is 11.3 Å². The summed E-state index contributed by atoms with van der Waals surface area (Å²) < 4.78 is 4.78. The number of fused-ring (bicyclic) bond motifs is 1. The van der Waals surface area contributed by atoms with Crippen molar-refractivity contribution >= 4 is 23.3 Å². The van der Waals surface area contributed by atoms with Crippen LogP contribution in [0.5, 0.6) is 0 Å². The summed E-state index contributed by atoms with van der Waals surface area (Å²) in [5.74, 6) is -1.22. The van der Waals surface area contributed by atoms with Crippen LogP contribution in [0.1, 0.15) is 21.5 Å². The van der Waals surface area contributed by atoms with E-state index in [0.29, 0.717) is 12.2 Å². The third-order valence-electron chi connectivity index (χ3n) is 2.52. The van der Waals surface area contributed by atoms with E-state index in [-0.39, 0.29) is 12.4 Å². The van der Waals surface area contributed by atoms with Gasteiger partial charge in [0.2, 0.25) is 0 Å². The van der Waals surface area contributed by atoms with Gasteiger partial charge in [0, 0.05) is 18.0 Å². The Kier molecular flexibility index (Phi) is 4.30. The molecule has 0 bridgehead atoms. The van der Waals surface area contributed by atoms with Crippen molar-refractivity contribution in [1.82, 2.24) is 0 Å². The molecule has 98 valence electrons. The molecule has 2 aromatic rings. The van der Waals surface area contributed by atoms with Crippen molar-refractivity contribution in [3.05, 3.63) is 57.8 Å². The fourth-order valence-electron chi connectivity index (χ4n) is 1.63. The van der Waals surface area contributed by atoms with Gasteiger partial charge in [-0.3, -0.25) is 0 Å². The highest BCUT2D eigenvalue weighted by atomic mass is 32.1. The van der Waals surface area contributed by atoms with Crippen molar-refractivity contribution in [2.45, 2.75) is 13.0 Å². The van der Waals surface area contributed by atoms with E-state index < -0.39 is 5.97 Å². The Hall–Kier alpha value is -2.14. The lowest BCUT2D eigenvalue weighted by molar-refractivity contribution is -0.304. The second kappa shape index (κ2) is 6.15. The molecule has 19 heavy (non-hydrogen) atoms. The first-order valence-electron chi connectivity index (χ1n) is 5.63. The molecule has 0 aliphatic carbocycles. The molecule has 0 amide bonds. The number of benzene rings is 1. The van der Waals surface area contributed by atoms with Crippen LogP contribution in [0.4, 0.5) is 0 Å². The molecule has 0 saturated carbocycles. The predicted octanol–water partition coefficient (Wildman–Crippen LogP) is 1.40. The van der Waals surface area contributed by atoms with Crippen molar-refractivity contribution in [1.29, 1.82) is 0 Å². The van der Waals surface area contributed by atoms with Crippen molar-refractivity contribution in [2.75, 3.05) is 0 Å². The molecule has 0 N–H and O–H groups in total. The molecule has 1 aromatic heterocycles. The first-order valence-corrected chi connectivity index (χ1v) is 6.57. The predicted molar refractivity (Wildman–Crippen MR) is 68.6 cm³/mol. The molecule has 4 nitrogen and oxygen atoms in total. The van der Waals surface area contributed by atoms with E-state index in [1.165, 1.54) is 11.3 Å². The molecule has 3 rings (SSSR count). The summed E-state index contributed by atoms with van der Waals surface area (Å²) in [5, 5.41) is 13.6. The molecule has 0 fully saturated rings. The molecule has 0 spiro atoms. The summed E-state index contributed by atoms with van der Waals surface area (Å²) in [5.41, 5.74) is 2.52. The van der Waals surface area contributed by atoms with E-state index in [2.05, 4.69) is 0 Å². The van der Waals surface area contributed by atoms with E-state index in [0.717, 1.165) is 11.1 Å². The highest BCUT2D eigenvalue weighted by molar-refractivity contribution is 7.07. The summed E-state index contributed by atoms with van der Waals surface area (Å²) in [4.78, 5) is 20.8. The zero-order valence-electron chi connectivity index (χ0n) is 10.00. The molecule has 0 atom stereocenters. The van der Waals surface area contributed by atoms with E-state index in [9.17, 15) is 14.7 Å². The van der Waals surface area contributed by atoms with Crippen LogP contribution < -0.4 is 5.11 Å². The number of carboxylic acids is 1. The first kappa shape index (κ1) is 13.3. The van der Waals surface area contributed by atoms with Gasteiger partial charge in [0.1, 0.15) is 6.61 Å². The summed E-state index contributed by atoms with van der Waals surface area (Å²) >= 11 is 1.49. The van der Waals surface area contributed by atoms with Gasteiger partial charge in [-0.1, -0.05) is 18.2 Å². The number of ether oxygens (including phenoxy) is 1. The second-order valence-electron chi connectivity index (χ2n) is 3.91. The Labute approximate surface area is 114 Å². The SMILES string of the molecule is O=C([O-])Cc1ccsc1.O=C1OCc2ccccc21. The van der Waals surface area contributed by atoms with E-state index in [4.69, 9.17) is 4.74 Å². The van der Waals surface area contributed by atoms with Crippen molar-refractivity contribution < 1.29 is 19.4 Å². The number of thiophene rings is 1. The van der Waals surface area contributed by atoms with Crippen LogP contribution in [0, 0.1) is 0 Å². The molecular weight excluding hydrogens is 264 g/mol. The number of carboxylic acid groups (broad SMARTS) is 1. The topological polar surface area (TPSA) is 66.4 Å². The minimum absolute atomic E-state index is 0.0312. The Morgan fingerprint density at radius 2 is 2.11 bits per heavy atom. The largest absolute Gasteiger partial charge is 0.550 e. The maximum Gasteiger partial charge on any atom is 0.338 e. The van der Waals surface area contributed by atoms with E-state index in [1.807, 2.05) is 23.6 Å². The van der Waals surface area contributed by atoms with Crippen LogP contribution in [-0.2, 0) is 22.6 Å². The number of hydrogen-bond donors (Lipinski definition) is 0. The molecule has 0 radical (unpaired) electrons. The van der Waals surface area contributed by atoms with E-state index in [1.54, 1.807) is 17.5 Å². The molecule has 1 aliphatic rings. The van der Waals surface area contributed by atoms with Crippen molar-refractivity contribution in [3.8, 4) is 0 Å². The molecular formula is C14H11O4S-. The van der Waals surface area contributed by atoms with Crippen molar-refractivity contribution in [2.24, 2.45) is 0 Å². The summed E-state index contributed by atoms with van der Waals surface area (Å²) in [6.45, 7) is 0.439. The quantitative estimate of drug-likeness (QED) is 0.777. The molecule has 1 aliphatic heterocycles. The Bertz CT molecular complexity index is 575. The van der Waals surface area contributed by atoms with Gasteiger partial charge in [-0.15, -0.1) is 0 Å². The maximum atomic E-state index is 10.8. The third-order valence-corrected chi connectivity index (χ3v) is 3.26. The standard InChI is InChI=1S/C8H6O2.C6H6O2S/c9-8-7-4-2-1-3-6(7)5-10-8;7-6(8)3-5-1-2-9-4-5/h1-4H,5H2;1-2,4H,3H2,(H,7,8)/p-1. The van der Waals surface area contributed by atoms with Gasteiger partial charge < -0.3 is 14.6 Å². The normalized spacial score (nSPS) is 12.1. The lowest BCUT2D eigenvalue weighted by Gasteiger charge is -1.95. The van der Waals surface area contributed by atoms with Gasteiger partial charge in [0.25, 0.3) is 0 Å². The lowest BCUT2D eigenvalue weighted by atomic mass is 10.1. The lowest BCUT2D eigenvalue weighted by Crippen LogP contribution is -2.23. The fourth-order valence-corrected chi connectivity index (χ4v) is 2.29. The average Bonchev–Trinajstić information content (AvgIpc) is 3.01. The summed E-state index contributed by atoms with van der Waals surface area (Å²) in [7, 11) is 0. The summed E-state index contributed by atoms with van der Waals surface area (Å²) in [6.07, 6.45) is 0.0312. The van der Waals surface area contributed by atoms with Crippen LogP contribution in [0.25, 0.3) is 0 Å². The first-order chi connectivity index (χ1) is 9.16. The fraction of sp³-hybridized carbons (Fsp3) is 0.143. The van der Waals surface area contributed by atoms with Crippen LogP contribution in [0.3, 0.4) is 0 Å². The number of aliphatic carboxylic acids is 1. The Morgan fingerprint density at radius 1 is 1.32 bits per heavy atom. The highest BCUT2D eigenvalue weighted by Crippen LogP contribution is 2.18. The van der Waals surface area contributed by atoms with Crippen molar-refractivity contribution in [3.63, 3.8) is 0 Å². The van der Waals surface area contributed by atoms with E-state index >= 15 is 0 Å². The molecule has 0 unspecified atom stereocenters. The molecule has 0 saturated heterocycles. The highest BCUT2D eigenvalue weighted by Gasteiger charge is 2.18. The van der Waals surface area contributed by atoms with Crippen LogP contribution in [-0.4, -0.2) is 11.9 Å². The number of carbonyl (C=O) groups is 2. The number of carbonyl (C=O) groups excluding carboxylic acids is 2. The molecule has 5 heteroatoms. The smallest absolute Gasteiger partial charge is 0.338 e. The number of rotatable bonds is 2. The zero-order chi connectivity index (χ0) is 13.7. The second-order valence-corrected chi connectivity index (χ2v) is 4.69. The number of esters is 1. The van der Waals surface area contributed by atoms with Gasteiger partial charge in [0.15, 0.2) is 0 Å². The zero-order valence-corrected chi connectivity index (χ0v) is 10.8. The minimum Gasteiger partial charge on any atom is -0.550 e. The maximum absolute atomic E-state index is 10.8. The van der Waals surface area contributed by atoms with Crippen LogP contribution in [0.2, 0.25) is 0 Å². The Morgan fingerprint density at radius 3 is 2.74 bits per heavy atom. The average molecular weight is 275 g/mol. The number of hydrogen-bond acceptors (Lipinski definition) is 5. The minimum atomic E-state index is -1.02. The van der Waals surface area contributed by atoms with Crippen LogP contribution in [0.15, 0.2) is 41.1 Å².